The summed E-state index contributed by atoms with van der Waals surface area (Å²) in [6, 6.07) is 45.3. The van der Waals surface area contributed by atoms with Gasteiger partial charge in [0.05, 0.1) is 28.9 Å². The van der Waals surface area contributed by atoms with Crippen molar-refractivity contribution >= 4 is 29.8 Å². The lowest BCUT2D eigenvalue weighted by atomic mass is 9.94. The van der Waals surface area contributed by atoms with Crippen LogP contribution in [0.1, 0.15) is 78.9 Å². The highest BCUT2D eigenvalue weighted by molar-refractivity contribution is 5.91. The summed E-state index contributed by atoms with van der Waals surface area (Å²) >= 11 is 0. The number of ether oxygens (including phenoxy) is 8. The van der Waals surface area contributed by atoms with Crippen LogP contribution in [0.2, 0.25) is 0 Å². The van der Waals surface area contributed by atoms with Gasteiger partial charge in [-0.3, -0.25) is 4.79 Å². The maximum absolute atomic E-state index is 14.2. The zero-order valence-corrected chi connectivity index (χ0v) is 36.5. The predicted octanol–water partition coefficient (Wildman–Crippen LogP) is 8.77. The van der Waals surface area contributed by atoms with E-state index in [1.54, 1.807) is 127 Å². The van der Waals surface area contributed by atoms with Gasteiger partial charge in [0.1, 0.15) is 30.3 Å². The fourth-order valence-electron chi connectivity index (χ4n) is 7.22. The van der Waals surface area contributed by atoms with Crippen LogP contribution in [0.5, 0.6) is 11.5 Å². The molecule has 0 radical (unpaired) electrons. The average Bonchev–Trinajstić information content (AvgIpc) is 3.34. The Bertz CT molecular complexity index is 2570. The molecule has 1 fully saturated rings. The zero-order chi connectivity index (χ0) is 46.4. The molecule has 0 N–H and O–H groups in total. The SMILES string of the molecule is CCOc1ccc(Cc2ccc(COC(C)=O)cc2O[C@@H]2O[C@H]([C@@H](C)OC(=O)c3ccccc3)[C@@H](OC(=O)c3ccccc3)[C@H](OC(=O)c3ccccc3)[C@H]2OC(=O)c2ccccc2)cc1. The number of carbonyl (C=O) groups excluding carboxylic acids is 5. The fraction of sp³-hybridized carbons (Fsp3) is 0.226. The molecule has 13 nitrogen and oxygen atoms in total. The molecule has 0 amide bonds. The standard InChI is InChI=1S/C53H48O13/c1-4-59-43-29-26-36(27-30-43)31-42-28-25-37(33-60-35(3)54)32-44(42)62-53-48(65-52(58)41-23-15-8-16-24-41)47(64-51(57)40-21-13-7-14-22-40)46(63-50(56)39-19-11-6-12-20-39)45(66-53)34(2)61-49(55)38-17-9-5-10-18-38/h5-30,32,34,45-48,53H,4,31,33H2,1-3H3/t34-,45-,46-,47+,48-,53-/m1/s1. The molecule has 0 unspecified atom stereocenters. The number of esters is 5. The Morgan fingerprint density at radius 1 is 0.561 bits per heavy atom. The van der Waals surface area contributed by atoms with Crippen molar-refractivity contribution in [1.29, 1.82) is 0 Å². The monoisotopic (exact) mass is 892 g/mol. The van der Waals surface area contributed by atoms with E-state index in [9.17, 15) is 24.0 Å². The molecule has 1 aliphatic heterocycles. The Kier molecular flexibility index (Phi) is 15.6. The van der Waals surface area contributed by atoms with Crippen molar-refractivity contribution in [3.05, 3.63) is 203 Å². The third kappa shape index (κ3) is 12.1. The van der Waals surface area contributed by atoms with Crippen LogP contribution >= 0.6 is 0 Å². The molecular weight excluding hydrogens is 845 g/mol. The van der Waals surface area contributed by atoms with Crippen LogP contribution in [-0.2, 0) is 46.2 Å². The molecule has 0 saturated carbocycles. The highest BCUT2D eigenvalue weighted by Gasteiger charge is 2.56. The largest absolute Gasteiger partial charge is 0.494 e. The molecular formula is C53H48O13. The molecule has 13 heteroatoms. The lowest BCUT2D eigenvalue weighted by molar-refractivity contribution is -0.284. The summed E-state index contributed by atoms with van der Waals surface area (Å²) in [4.78, 5) is 68.0. The van der Waals surface area contributed by atoms with Gasteiger partial charge < -0.3 is 37.9 Å². The molecule has 66 heavy (non-hydrogen) atoms. The number of benzene rings is 6. The summed E-state index contributed by atoms with van der Waals surface area (Å²) in [6.45, 7) is 5.13. The van der Waals surface area contributed by atoms with Gasteiger partial charge in [-0.25, -0.2) is 19.2 Å². The van der Waals surface area contributed by atoms with Crippen LogP contribution in [0, 0.1) is 0 Å². The van der Waals surface area contributed by atoms with Gasteiger partial charge in [0, 0.05) is 13.3 Å². The third-order valence-electron chi connectivity index (χ3n) is 10.5. The van der Waals surface area contributed by atoms with Crippen LogP contribution in [0.15, 0.2) is 164 Å². The van der Waals surface area contributed by atoms with Crippen molar-refractivity contribution in [2.45, 2.75) is 70.6 Å². The van der Waals surface area contributed by atoms with Gasteiger partial charge in [0.2, 0.25) is 12.4 Å². The molecule has 0 bridgehead atoms. The molecule has 0 aliphatic carbocycles. The molecule has 1 heterocycles. The van der Waals surface area contributed by atoms with Crippen LogP contribution in [0.3, 0.4) is 0 Å². The van der Waals surface area contributed by atoms with E-state index in [0.29, 0.717) is 29.9 Å². The molecule has 338 valence electrons. The van der Waals surface area contributed by atoms with Crippen LogP contribution in [0.25, 0.3) is 0 Å². The van der Waals surface area contributed by atoms with Crippen molar-refractivity contribution in [2.75, 3.05) is 6.61 Å². The van der Waals surface area contributed by atoms with Gasteiger partial charge in [0.25, 0.3) is 0 Å². The van der Waals surface area contributed by atoms with E-state index in [4.69, 9.17) is 37.9 Å². The van der Waals surface area contributed by atoms with Crippen molar-refractivity contribution in [2.24, 2.45) is 0 Å². The summed E-state index contributed by atoms with van der Waals surface area (Å²) in [5.41, 5.74) is 2.74. The third-order valence-corrected chi connectivity index (χ3v) is 10.5. The first kappa shape index (κ1) is 46.2. The number of carbonyl (C=O) groups is 5. The second kappa shape index (κ2) is 22.2. The van der Waals surface area contributed by atoms with E-state index < -0.39 is 66.7 Å². The summed E-state index contributed by atoms with van der Waals surface area (Å²) in [7, 11) is 0. The predicted molar refractivity (Wildman–Crippen MR) is 240 cm³/mol. The quantitative estimate of drug-likeness (QED) is 0.0633. The van der Waals surface area contributed by atoms with E-state index in [-0.39, 0.29) is 34.6 Å². The fourth-order valence-corrected chi connectivity index (χ4v) is 7.22. The molecule has 6 atom stereocenters. The van der Waals surface area contributed by atoms with Crippen LogP contribution in [-0.4, -0.2) is 73.3 Å². The first-order valence-electron chi connectivity index (χ1n) is 21.4. The van der Waals surface area contributed by atoms with E-state index in [2.05, 4.69) is 0 Å². The second-order valence-corrected chi connectivity index (χ2v) is 15.2. The average molecular weight is 893 g/mol. The Morgan fingerprint density at radius 2 is 1.03 bits per heavy atom. The lowest BCUT2D eigenvalue weighted by Gasteiger charge is -2.45. The second-order valence-electron chi connectivity index (χ2n) is 15.2. The zero-order valence-electron chi connectivity index (χ0n) is 36.5. The van der Waals surface area contributed by atoms with E-state index in [1.807, 2.05) is 31.2 Å². The van der Waals surface area contributed by atoms with Crippen molar-refractivity contribution in [3.63, 3.8) is 0 Å². The van der Waals surface area contributed by atoms with Gasteiger partial charge in [-0.15, -0.1) is 0 Å². The highest BCUT2D eigenvalue weighted by atomic mass is 16.7. The van der Waals surface area contributed by atoms with Crippen molar-refractivity contribution in [1.82, 2.24) is 0 Å². The van der Waals surface area contributed by atoms with E-state index in [1.165, 1.54) is 26.0 Å². The van der Waals surface area contributed by atoms with Gasteiger partial charge in [-0.1, -0.05) is 97.1 Å². The number of hydrogen-bond donors (Lipinski definition) is 0. The number of hydrogen-bond acceptors (Lipinski definition) is 13. The molecule has 1 saturated heterocycles. The Labute approximate surface area is 382 Å². The summed E-state index contributed by atoms with van der Waals surface area (Å²) in [6.07, 6.45) is -8.84. The summed E-state index contributed by atoms with van der Waals surface area (Å²) in [5.74, 6) is -2.83. The molecule has 6 aromatic rings. The number of rotatable bonds is 17. The van der Waals surface area contributed by atoms with Crippen LogP contribution < -0.4 is 9.47 Å². The Balaban J connectivity index is 1.36. The van der Waals surface area contributed by atoms with Gasteiger partial charge in [-0.05, 0) is 97.3 Å². The van der Waals surface area contributed by atoms with Crippen LogP contribution in [0.4, 0.5) is 0 Å². The van der Waals surface area contributed by atoms with E-state index >= 15 is 0 Å². The van der Waals surface area contributed by atoms with Gasteiger partial charge in [-0.2, -0.15) is 0 Å². The highest BCUT2D eigenvalue weighted by Crippen LogP contribution is 2.36. The molecule has 0 aromatic heterocycles. The van der Waals surface area contributed by atoms with Crippen molar-refractivity contribution < 1.29 is 61.9 Å². The Hall–Kier alpha value is -7.77. The lowest BCUT2D eigenvalue weighted by Crippen LogP contribution is -2.65. The smallest absolute Gasteiger partial charge is 0.338 e. The minimum atomic E-state index is -1.65. The molecule has 0 spiro atoms. The minimum absolute atomic E-state index is 0.100. The normalized spacial score (nSPS) is 18.1. The minimum Gasteiger partial charge on any atom is -0.494 e. The topological polar surface area (TPSA) is 159 Å². The molecule has 1 aliphatic rings. The van der Waals surface area contributed by atoms with E-state index in [0.717, 1.165) is 5.56 Å². The van der Waals surface area contributed by atoms with Gasteiger partial charge >= 0.3 is 29.8 Å². The van der Waals surface area contributed by atoms with Gasteiger partial charge in [0.15, 0.2) is 12.2 Å². The summed E-state index contributed by atoms with van der Waals surface area (Å²) < 4.78 is 49.3. The maximum atomic E-state index is 14.2. The first-order valence-corrected chi connectivity index (χ1v) is 21.4. The first-order chi connectivity index (χ1) is 32.1. The Morgan fingerprint density at radius 3 is 1.53 bits per heavy atom. The summed E-state index contributed by atoms with van der Waals surface area (Å²) in [5, 5.41) is 0. The molecule has 7 rings (SSSR count). The maximum Gasteiger partial charge on any atom is 0.338 e. The van der Waals surface area contributed by atoms with Crippen molar-refractivity contribution in [3.8, 4) is 11.5 Å². The molecule has 6 aromatic carbocycles.